The zero-order valence-corrected chi connectivity index (χ0v) is 14.6. The lowest BCUT2D eigenvalue weighted by Crippen LogP contribution is -2.24. The van der Waals surface area contributed by atoms with Crippen molar-refractivity contribution in [3.05, 3.63) is 46.8 Å². The number of nitrogens with zero attached hydrogens (tertiary/aromatic N) is 1. The molecule has 0 atom stereocenters. The first-order valence-electron chi connectivity index (χ1n) is 8.41. The second-order valence-corrected chi connectivity index (χ2v) is 5.67. The molecule has 0 amide bonds. The van der Waals surface area contributed by atoms with Crippen LogP contribution in [0.15, 0.2) is 46.8 Å². The fraction of sp³-hybridized carbons (Fsp3) is 0.474. The van der Waals surface area contributed by atoms with Crippen molar-refractivity contribution < 1.29 is 19.1 Å². The van der Waals surface area contributed by atoms with Gasteiger partial charge in [0.1, 0.15) is 11.3 Å². The van der Waals surface area contributed by atoms with E-state index in [1.807, 2.05) is 18.2 Å². The van der Waals surface area contributed by atoms with Crippen molar-refractivity contribution in [2.45, 2.75) is 26.7 Å². The Bertz CT molecular complexity index is 621. The number of methoxy groups -OCH3 is 1. The highest BCUT2D eigenvalue weighted by Crippen LogP contribution is 2.35. The van der Waals surface area contributed by atoms with Gasteiger partial charge in [-0.1, -0.05) is 32.1 Å². The highest BCUT2D eigenvalue weighted by Gasteiger charge is 2.34. The summed E-state index contributed by atoms with van der Waals surface area (Å²) in [5, 5.41) is 0. The topological polar surface area (TPSA) is 55.8 Å². The Labute approximate surface area is 143 Å². The van der Waals surface area contributed by atoms with Crippen LogP contribution in [0.4, 0.5) is 0 Å². The number of allylic oxidation sites excluding steroid dienone is 6. The number of esters is 1. The van der Waals surface area contributed by atoms with E-state index in [0.29, 0.717) is 17.9 Å². The first-order chi connectivity index (χ1) is 11.6. The first kappa shape index (κ1) is 18.2. The average Bonchev–Trinajstić information content (AvgIpc) is 2.80. The van der Waals surface area contributed by atoms with Gasteiger partial charge in [0.2, 0.25) is 0 Å². The molecule has 5 nitrogen and oxygen atoms in total. The van der Waals surface area contributed by atoms with Crippen molar-refractivity contribution in [2.24, 2.45) is 0 Å². The molecular formula is C19H25NO4. The van der Waals surface area contributed by atoms with E-state index < -0.39 is 5.97 Å². The average molecular weight is 331 g/mol. The van der Waals surface area contributed by atoms with E-state index >= 15 is 0 Å². The van der Waals surface area contributed by atoms with Gasteiger partial charge >= 0.3 is 5.97 Å². The maximum atomic E-state index is 12.2. The van der Waals surface area contributed by atoms with Crippen molar-refractivity contribution in [3.8, 4) is 0 Å². The molecule has 0 fully saturated rings. The molecule has 2 aliphatic rings. The highest BCUT2D eigenvalue weighted by atomic mass is 16.5. The number of ketones is 1. The maximum absolute atomic E-state index is 12.2. The number of ether oxygens (including phenoxy) is 2. The van der Waals surface area contributed by atoms with Gasteiger partial charge in [0.15, 0.2) is 5.78 Å². The zero-order chi connectivity index (χ0) is 17.5. The number of carbonyl (C=O) groups is 2. The van der Waals surface area contributed by atoms with E-state index in [2.05, 4.69) is 18.7 Å². The fourth-order valence-corrected chi connectivity index (χ4v) is 2.92. The minimum absolute atomic E-state index is 0.122. The Kier molecular flexibility index (Phi) is 6.55. The third kappa shape index (κ3) is 4.03. The van der Waals surface area contributed by atoms with Crippen molar-refractivity contribution >= 4 is 11.8 Å². The Hall–Kier alpha value is -2.14. The summed E-state index contributed by atoms with van der Waals surface area (Å²) in [5.41, 5.74) is 1.51. The van der Waals surface area contributed by atoms with E-state index in [1.165, 1.54) is 7.11 Å². The largest absolute Gasteiger partial charge is 0.493 e. The van der Waals surface area contributed by atoms with Gasteiger partial charge in [-0.05, 0) is 31.2 Å². The molecule has 5 heteroatoms. The maximum Gasteiger partial charge on any atom is 0.342 e. The van der Waals surface area contributed by atoms with Gasteiger partial charge in [-0.25, -0.2) is 4.79 Å². The predicted octanol–water partition coefficient (Wildman–Crippen LogP) is 2.56. The van der Waals surface area contributed by atoms with E-state index in [0.717, 1.165) is 31.6 Å². The number of hydrogen-bond donors (Lipinski definition) is 0. The van der Waals surface area contributed by atoms with Crippen molar-refractivity contribution in [1.29, 1.82) is 0 Å². The van der Waals surface area contributed by atoms with Gasteiger partial charge in [0.05, 0.1) is 13.7 Å². The third-order valence-electron chi connectivity index (χ3n) is 4.29. The molecule has 24 heavy (non-hydrogen) atoms. The summed E-state index contributed by atoms with van der Waals surface area (Å²) in [5.74, 6) is -0.129. The van der Waals surface area contributed by atoms with Crippen LogP contribution in [0, 0.1) is 0 Å². The van der Waals surface area contributed by atoms with Crippen LogP contribution in [0.3, 0.4) is 0 Å². The van der Waals surface area contributed by atoms with Gasteiger partial charge in [0.25, 0.3) is 0 Å². The van der Waals surface area contributed by atoms with Crippen LogP contribution >= 0.6 is 0 Å². The molecule has 0 saturated carbocycles. The lowest BCUT2D eigenvalue weighted by atomic mass is 10.1. The fourth-order valence-electron chi connectivity index (χ4n) is 2.92. The molecule has 0 aromatic carbocycles. The molecule has 2 rings (SSSR count). The smallest absolute Gasteiger partial charge is 0.342 e. The number of Topliss-reactive ketones (excluding diaryl/α,β-unsaturated/α-hetero) is 1. The summed E-state index contributed by atoms with van der Waals surface area (Å²) in [6.07, 6.45) is 8.38. The molecule has 0 radical (unpaired) electrons. The molecule has 0 saturated heterocycles. The number of rotatable bonds is 8. The normalized spacial score (nSPS) is 16.8. The molecular weight excluding hydrogens is 306 g/mol. The van der Waals surface area contributed by atoms with Crippen LogP contribution in [0.2, 0.25) is 0 Å². The van der Waals surface area contributed by atoms with Crippen LogP contribution in [0.1, 0.15) is 26.7 Å². The predicted molar refractivity (Wildman–Crippen MR) is 92.3 cm³/mol. The summed E-state index contributed by atoms with van der Waals surface area (Å²) in [6, 6.07) is 0. The Morgan fingerprint density at radius 3 is 2.58 bits per heavy atom. The van der Waals surface area contributed by atoms with Crippen molar-refractivity contribution in [1.82, 2.24) is 4.90 Å². The minimum Gasteiger partial charge on any atom is -0.493 e. The molecule has 0 unspecified atom stereocenters. The van der Waals surface area contributed by atoms with Gasteiger partial charge < -0.3 is 14.4 Å². The van der Waals surface area contributed by atoms with Crippen LogP contribution in [0.5, 0.6) is 0 Å². The number of carbonyl (C=O) groups excluding carboxylic acids is 2. The number of fused-ring (bicyclic) bond motifs is 1. The van der Waals surface area contributed by atoms with E-state index in [-0.39, 0.29) is 17.8 Å². The van der Waals surface area contributed by atoms with Crippen molar-refractivity contribution in [2.75, 3.05) is 33.4 Å². The molecule has 0 aromatic rings. The van der Waals surface area contributed by atoms with Gasteiger partial charge in [-0.15, -0.1) is 0 Å². The second kappa shape index (κ2) is 8.64. The van der Waals surface area contributed by atoms with Gasteiger partial charge in [-0.2, -0.15) is 0 Å². The summed E-state index contributed by atoms with van der Waals surface area (Å²) in [7, 11) is 1.29. The lowest BCUT2D eigenvalue weighted by Gasteiger charge is -2.18. The van der Waals surface area contributed by atoms with Crippen LogP contribution < -0.4 is 0 Å². The first-order valence-corrected chi connectivity index (χ1v) is 8.41. The Balaban J connectivity index is 2.12. The zero-order valence-electron chi connectivity index (χ0n) is 14.6. The van der Waals surface area contributed by atoms with Crippen LogP contribution in [-0.4, -0.2) is 50.0 Å². The molecule has 0 heterocycles. The SMILES string of the molecule is CCN(CC)CCCOC1=C2CC(=O)C(C(=O)OC)=C2C=CC=C1. The van der Waals surface area contributed by atoms with Crippen LogP contribution in [-0.2, 0) is 19.1 Å². The molecule has 130 valence electrons. The summed E-state index contributed by atoms with van der Waals surface area (Å²) >= 11 is 0. The Morgan fingerprint density at radius 1 is 1.21 bits per heavy atom. The molecule has 0 aromatic heterocycles. The second-order valence-electron chi connectivity index (χ2n) is 5.67. The molecule has 2 aliphatic carbocycles. The molecule has 0 bridgehead atoms. The Morgan fingerprint density at radius 2 is 1.92 bits per heavy atom. The van der Waals surface area contributed by atoms with E-state index in [1.54, 1.807) is 6.08 Å². The standard InChI is InChI=1S/C19H25NO4/c1-4-20(5-2)11-8-12-24-17-10-7-6-9-14-15(17)13-16(21)18(14)19(22)23-3/h6-7,9-10H,4-5,8,11-13H2,1-3H3. The molecule has 0 N–H and O–H groups in total. The monoisotopic (exact) mass is 331 g/mol. The highest BCUT2D eigenvalue weighted by molar-refractivity contribution is 6.22. The van der Waals surface area contributed by atoms with Crippen LogP contribution in [0.25, 0.3) is 0 Å². The lowest BCUT2D eigenvalue weighted by molar-refractivity contribution is -0.137. The summed E-state index contributed by atoms with van der Waals surface area (Å²) in [4.78, 5) is 26.4. The minimum atomic E-state index is -0.586. The van der Waals surface area contributed by atoms with E-state index in [4.69, 9.17) is 9.47 Å². The molecule has 0 spiro atoms. The summed E-state index contributed by atoms with van der Waals surface area (Å²) in [6.45, 7) is 7.89. The summed E-state index contributed by atoms with van der Waals surface area (Å²) < 4.78 is 10.7. The quantitative estimate of drug-likeness (QED) is 0.389. The van der Waals surface area contributed by atoms with Crippen molar-refractivity contribution in [3.63, 3.8) is 0 Å². The third-order valence-corrected chi connectivity index (χ3v) is 4.29. The number of hydrogen-bond acceptors (Lipinski definition) is 5. The van der Waals surface area contributed by atoms with Gasteiger partial charge in [-0.3, -0.25) is 4.79 Å². The molecule has 0 aliphatic heterocycles. The van der Waals surface area contributed by atoms with E-state index in [9.17, 15) is 9.59 Å². The van der Waals surface area contributed by atoms with Gasteiger partial charge in [0, 0.05) is 18.5 Å².